The first-order valence-electron chi connectivity index (χ1n) is 4.71. The predicted molar refractivity (Wildman–Crippen MR) is 72.0 cm³/mol. The van der Waals surface area contributed by atoms with Gasteiger partial charge in [-0.3, -0.25) is 4.79 Å². The van der Waals surface area contributed by atoms with Crippen LogP contribution >= 0.6 is 22.6 Å². The Hall–Kier alpha value is -0.840. The number of hydrogen-bond donors (Lipinski definition) is 1. The molecule has 1 aromatic rings. The van der Waals surface area contributed by atoms with E-state index in [0.29, 0.717) is 0 Å². The number of carbonyl (C=O) groups is 1. The summed E-state index contributed by atoms with van der Waals surface area (Å²) in [6.45, 7) is 5.85. The quantitative estimate of drug-likeness (QED) is 0.657. The molecule has 0 aromatic heterocycles. The van der Waals surface area contributed by atoms with Crippen molar-refractivity contribution in [1.82, 2.24) is 0 Å². The molecule has 1 rings (SSSR count). The van der Waals surface area contributed by atoms with Gasteiger partial charge in [0, 0.05) is 15.3 Å². The summed E-state index contributed by atoms with van der Waals surface area (Å²) >= 11 is 2.26. The maximum absolute atomic E-state index is 11.4. The number of halogens is 1. The Kier molecular flexibility index (Phi) is 4.32. The van der Waals surface area contributed by atoms with Gasteiger partial charge in [0.15, 0.2) is 0 Å². The van der Waals surface area contributed by atoms with Crippen molar-refractivity contribution in [3.8, 4) is 0 Å². The minimum absolute atomic E-state index is 0.0744. The summed E-state index contributed by atoms with van der Waals surface area (Å²) in [5, 5.41) is 2.82. The Morgan fingerprint density at radius 3 is 2.60 bits per heavy atom. The van der Waals surface area contributed by atoms with Gasteiger partial charge in [-0.2, -0.15) is 0 Å². The zero-order chi connectivity index (χ0) is 11.4. The molecule has 0 aliphatic carbocycles. The molecule has 0 heterocycles. The number of benzene rings is 1. The van der Waals surface area contributed by atoms with Gasteiger partial charge < -0.3 is 5.32 Å². The zero-order valence-corrected chi connectivity index (χ0v) is 11.3. The van der Waals surface area contributed by atoms with Gasteiger partial charge in [-0.1, -0.05) is 11.6 Å². The molecular weight excluding hydrogens is 301 g/mol. The third-order valence-corrected chi connectivity index (χ3v) is 3.02. The summed E-state index contributed by atoms with van der Waals surface area (Å²) < 4.78 is 1.16. The van der Waals surface area contributed by atoms with Crippen LogP contribution in [-0.2, 0) is 4.79 Å². The van der Waals surface area contributed by atoms with E-state index < -0.39 is 0 Å². The van der Waals surface area contributed by atoms with E-state index >= 15 is 0 Å². The first-order chi connectivity index (χ1) is 6.99. The molecule has 0 aliphatic rings. The van der Waals surface area contributed by atoms with Crippen LogP contribution < -0.4 is 5.32 Å². The Labute approximate surface area is 104 Å². The number of aryl methyl sites for hydroxylation is 1. The van der Waals surface area contributed by atoms with Gasteiger partial charge >= 0.3 is 0 Å². The summed E-state index contributed by atoms with van der Waals surface area (Å²) in [4.78, 5) is 11.4. The van der Waals surface area contributed by atoms with Crippen LogP contribution in [-0.4, -0.2) is 5.91 Å². The van der Waals surface area contributed by atoms with E-state index in [1.165, 1.54) is 5.56 Å². The fourth-order valence-electron chi connectivity index (χ4n) is 1.11. The molecule has 0 spiro atoms. The Morgan fingerprint density at radius 2 is 2.07 bits per heavy atom. The normalized spacial score (nSPS) is 9.60. The highest BCUT2D eigenvalue weighted by Gasteiger charge is 2.00. The molecule has 2 nitrogen and oxygen atoms in total. The molecule has 3 heteroatoms. The van der Waals surface area contributed by atoms with Gasteiger partial charge in [0.25, 0.3) is 0 Å². The lowest BCUT2D eigenvalue weighted by molar-refractivity contribution is -0.111. The molecule has 0 bridgehead atoms. The number of allylic oxidation sites excluding steroid dienone is 1. The smallest absolute Gasteiger partial charge is 0.248 e. The second-order valence-electron chi connectivity index (χ2n) is 3.67. The van der Waals surface area contributed by atoms with Crippen molar-refractivity contribution in [2.24, 2.45) is 0 Å². The minimum Gasteiger partial charge on any atom is -0.322 e. The SMILES string of the molecule is CC(C)=CC(=O)Nc1ccc(C)c(I)c1. The maximum Gasteiger partial charge on any atom is 0.248 e. The van der Waals surface area contributed by atoms with Gasteiger partial charge in [-0.15, -0.1) is 0 Å². The van der Waals surface area contributed by atoms with E-state index in [0.717, 1.165) is 14.8 Å². The lowest BCUT2D eigenvalue weighted by Gasteiger charge is -2.04. The molecule has 0 saturated carbocycles. The highest BCUT2D eigenvalue weighted by atomic mass is 127. The van der Waals surface area contributed by atoms with Crippen molar-refractivity contribution in [3.05, 3.63) is 39.0 Å². The van der Waals surface area contributed by atoms with Crippen LogP contribution in [0.3, 0.4) is 0 Å². The lowest BCUT2D eigenvalue weighted by atomic mass is 10.2. The van der Waals surface area contributed by atoms with Crippen LogP contribution in [0.4, 0.5) is 5.69 Å². The molecule has 0 atom stereocenters. The number of anilines is 1. The van der Waals surface area contributed by atoms with Gasteiger partial charge in [0.2, 0.25) is 5.91 Å². The molecule has 15 heavy (non-hydrogen) atoms. The van der Waals surface area contributed by atoms with E-state index in [2.05, 4.69) is 27.9 Å². The van der Waals surface area contributed by atoms with Crippen molar-refractivity contribution in [2.75, 3.05) is 5.32 Å². The molecule has 1 amide bonds. The lowest BCUT2D eigenvalue weighted by Crippen LogP contribution is -2.08. The highest BCUT2D eigenvalue weighted by Crippen LogP contribution is 2.17. The van der Waals surface area contributed by atoms with Gasteiger partial charge in [0.1, 0.15) is 0 Å². The van der Waals surface area contributed by atoms with Gasteiger partial charge in [-0.25, -0.2) is 0 Å². The van der Waals surface area contributed by atoms with Crippen LogP contribution in [0, 0.1) is 10.5 Å². The van der Waals surface area contributed by atoms with Crippen molar-refractivity contribution in [1.29, 1.82) is 0 Å². The Morgan fingerprint density at radius 1 is 1.40 bits per heavy atom. The molecule has 80 valence electrons. The minimum atomic E-state index is -0.0744. The average molecular weight is 315 g/mol. The van der Waals surface area contributed by atoms with Crippen molar-refractivity contribution in [3.63, 3.8) is 0 Å². The second kappa shape index (κ2) is 5.30. The molecule has 0 radical (unpaired) electrons. The molecule has 1 N–H and O–H groups in total. The van der Waals surface area contributed by atoms with Crippen LogP contribution in [0.15, 0.2) is 29.8 Å². The zero-order valence-electron chi connectivity index (χ0n) is 9.10. The average Bonchev–Trinajstić information content (AvgIpc) is 2.10. The summed E-state index contributed by atoms with van der Waals surface area (Å²) in [6, 6.07) is 5.88. The number of amides is 1. The number of carbonyl (C=O) groups excluding carboxylic acids is 1. The summed E-state index contributed by atoms with van der Waals surface area (Å²) in [7, 11) is 0. The largest absolute Gasteiger partial charge is 0.322 e. The van der Waals surface area contributed by atoms with Gasteiger partial charge in [-0.05, 0) is 61.1 Å². The second-order valence-corrected chi connectivity index (χ2v) is 4.84. The summed E-state index contributed by atoms with van der Waals surface area (Å²) in [5.74, 6) is -0.0744. The van der Waals surface area contributed by atoms with E-state index in [1.807, 2.05) is 39.0 Å². The van der Waals surface area contributed by atoms with Crippen LogP contribution in [0.1, 0.15) is 19.4 Å². The number of rotatable bonds is 2. The molecular formula is C12H14INO. The first kappa shape index (κ1) is 12.2. The monoisotopic (exact) mass is 315 g/mol. The maximum atomic E-state index is 11.4. The summed E-state index contributed by atoms with van der Waals surface area (Å²) in [5.41, 5.74) is 3.05. The fourth-order valence-corrected chi connectivity index (χ4v) is 1.63. The topological polar surface area (TPSA) is 29.1 Å². The van der Waals surface area contributed by atoms with Crippen LogP contribution in [0.25, 0.3) is 0 Å². The highest BCUT2D eigenvalue weighted by molar-refractivity contribution is 14.1. The number of hydrogen-bond acceptors (Lipinski definition) is 1. The van der Waals surface area contributed by atoms with Crippen molar-refractivity contribution < 1.29 is 4.79 Å². The fraction of sp³-hybridized carbons (Fsp3) is 0.250. The standard InChI is InChI=1S/C12H14INO/c1-8(2)6-12(15)14-10-5-4-9(3)11(13)7-10/h4-7H,1-3H3,(H,14,15). The van der Waals surface area contributed by atoms with E-state index in [-0.39, 0.29) is 5.91 Å². The third-order valence-electron chi connectivity index (χ3n) is 1.86. The van der Waals surface area contributed by atoms with Crippen molar-refractivity contribution in [2.45, 2.75) is 20.8 Å². The van der Waals surface area contributed by atoms with Crippen LogP contribution in [0.2, 0.25) is 0 Å². The van der Waals surface area contributed by atoms with E-state index in [4.69, 9.17) is 0 Å². The van der Waals surface area contributed by atoms with Crippen LogP contribution in [0.5, 0.6) is 0 Å². The Bertz CT molecular complexity index is 406. The third kappa shape index (κ3) is 4.03. The number of nitrogens with one attached hydrogen (secondary N) is 1. The molecule has 1 aromatic carbocycles. The molecule has 0 aliphatic heterocycles. The Balaban J connectivity index is 2.78. The first-order valence-corrected chi connectivity index (χ1v) is 5.79. The molecule has 0 unspecified atom stereocenters. The van der Waals surface area contributed by atoms with E-state index in [1.54, 1.807) is 6.08 Å². The van der Waals surface area contributed by atoms with Gasteiger partial charge in [0.05, 0.1) is 0 Å². The van der Waals surface area contributed by atoms with E-state index in [9.17, 15) is 4.79 Å². The molecule has 0 fully saturated rings. The van der Waals surface area contributed by atoms with Crippen molar-refractivity contribution >= 4 is 34.2 Å². The summed E-state index contributed by atoms with van der Waals surface area (Å²) in [6.07, 6.45) is 1.59. The predicted octanol–water partition coefficient (Wildman–Crippen LogP) is 3.50. The molecule has 0 saturated heterocycles.